The highest BCUT2D eigenvalue weighted by Gasteiger charge is 2.28. The highest BCUT2D eigenvalue weighted by molar-refractivity contribution is 9.10. The molecule has 1 N–H and O–H groups in total. The van der Waals surface area contributed by atoms with Crippen molar-refractivity contribution in [3.05, 3.63) is 57.0 Å². The van der Waals surface area contributed by atoms with Crippen LogP contribution >= 0.6 is 27.5 Å². The van der Waals surface area contributed by atoms with Crippen LogP contribution in [0.1, 0.15) is 18.1 Å². The molecular formula is C18H16BrClN2O2. The smallest absolute Gasteiger partial charge is 0.231 e. The predicted octanol–water partition coefficient (Wildman–Crippen LogP) is 4.19. The van der Waals surface area contributed by atoms with Crippen molar-refractivity contribution in [3.8, 4) is 0 Å². The van der Waals surface area contributed by atoms with E-state index in [9.17, 15) is 9.59 Å². The Bertz CT molecular complexity index is 823. The van der Waals surface area contributed by atoms with Gasteiger partial charge in [0.25, 0.3) is 0 Å². The van der Waals surface area contributed by atoms with Crippen LogP contribution in [0.2, 0.25) is 5.02 Å². The van der Waals surface area contributed by atoms with Gasteiger partial charge in [0.1, 0.15) is 0 Å². The first-order valence-corrected chi connectivity index (χ1v) is 8.76. The number of nitrogens with zero attached hydrogens (tertiary/aromatic N) is 1. The zero-order valence-corrected chi connectivity index (χ0v) is 15.4. The van der Waals surface area contributed by atoms with Crippen LogP contribution in [0, 0.1) is 0 Å². The van der Waals surface area contributed by atoms with Gasteiger partial charge in [0.05, 0.1) is 17.8 Å². The number of carbonyl (C=O) groups is 2. The third-order valence-electron chi connectivity index (χ3n) is 3.94. The Hall–Kier alpha value is -1.85. The van der Waals surface area contributed by atoms with Crippen LogP contribution in [0.25, 0.3) is 0 Å². The van der Waals surface area contributed by atoms with Gasteiger partial charge in [-0.2, -0.15) is 0 Å². The quantitative estimate of drug-likeness (QED) is 0.829. The summed E-state index contributed by atoms with van der Waals surface area (Å²) in [5.41, 5.74) is 3.28. The van der Waals surface area contributed by atoms with Gasteiger partial charge in [0, 0.05) is 23.0 Å². The van der Waals surface area contributed by atoms with Crippen molar-refractivity contribution in [2.75, 3.05) is 16.8 Å². The Morgan fingerprint density at radius 3 is 2.75 bits per heavy atom. The molecule has 0 aliphatic carbocycles. The second-order valence-electron chi connectivity index (χ2n) is 5.71. The fraction of sp³-hybridized carbons (Fsp3) is 0.222. The number of nitrogens with one attached hydrogen (secondary N) is 1. The second kappa shape index (κ2) is 6.95. The van der Waals surface area contributed by atoms with Crippen LogP contribution in [-0.4, -0.2) is 18.4 Å². The van der Waals surface area contributed by atoms with Gasteiger partial charge < -0.3 is 10.2 Å². The van der Waals surface area contributed by atoms with Gasteiger partial charge in [-0.05, 0) is 35.7 Å². The maximum absolute atomic E-state index is 12.8. The van der Waals surface area contributed by atoms with Crippen molar-refractivity contribution in [3.63, 3.8) is 0 Å². The highest BCUT2D eigenvalue weighted by atomic mass is 79.9. The van der Waals surface area contributed by atoms with Gasteiger partial charge in [-0.3, -0.25) is 9.59 Å². The van der Waals surface area contributed by atoms with Gasteiger partial charge in [-0.15, -0.1) is 0 Å². The third kappa shape index (κ3) is 3.47. The van der Waals surface area contributed by atoms with Crippen molar-refractivity contribution >= 4 is 50.7 Å². The molecule has 1 aliphatic rings. The molecule has 0 saturated heterocycles. The SMILES string of the molecule is CC(=O)Nc1cc(Br)cc2c1N(C(=O)Cc1ccccc1Cl)CC2. The predicted molar refractivity (Wildman–Crippen MR) is 99.7 cm³/mol. The summed E-state index contributed by atoms with van der Waals surface area (Å²) in [7, 11) is 0. The minimum Gasteiger partial charge on any atom is -0.324 e. The summed E-state index contributed by atoms with van der Waals surface area (Å²) < 4.78 is 0.880. The van der Waals surface area contributed by atoms with Crippen LogP contribution in [-0.2, 0) is 22.4 Å². The number of amides is 2. The molecule has 2 amide bonds. The van der Waals surface area contributed by atoms with E-state index in [1.54, 1.807) is 11.0 Å². The number of hydrogen-bond acceptors (Lipinski definition) is 2. The molecular weight excluding hydrogens is 392 g/mol. The summed E-state index contributed by atoms with van der Waals surface area (Å²) >= 11 is 9.62. The van der Waals surface area contributed by atoms with Gasteiger partial charge >= 0.3 is 0 Å². The van der Waals surface area contributed by atoms with E-state index in [-0.39, 0.29) is 18.2 Å². The fourth-order valence-electron chi connectivity index (χ4n) is 2.94. The van der Waals surface area contributed by atoms with Crippen molar-refractivity contribution in [1.82, 2.24) is 0 Å². The van der Waals surface area contributed by atoms with Gasteiger partial charge in [0.15, 0.2) is 0 Å². The van der Waals surface area contributed by atoms with E-state index >= 15 is 0 Å². The Labute approximate surface area is 153 Å². The molecule has 3 rings (SSSR count). The average molecular weight is 408 g/mol. The number of hydrogen-bond donors (Lipinski definition) is 1. The Kier molecular flexibility index (Phi) is 4.92. The lowest BCUT2D eigenvalue weighted by atomic mass is 10.1. The Balaban J connectivity index is 1.92. The van der Waals surface area contributed by atoms with E-state index < -0.39 is 0 Å². The summed E-state index contributed by atoms with van der Waals surface area (Å²) in [4.78, 5) is 26.0. The maximum atomic E-state index is 12.8. The van der Waals surface area contributed by atoms with Crippen LogP contribution in [0.4, 0.5) is 11.4 Å². The lowest BCUT2D eigenvalue weighted by molar-refractivity contribution is -0.118. The molecule has 0 spiro atoms. The molecule has 1 aliphatic heterocycles. The van der Waals surface area contributed by atoms with Gasteiger partial charge in [-0.25, -0.2) is 0 Å². The van der Waals surface area contributed by atoms with Crippen LogP contribution in [0.3, 0.4) is 0 Å². The lowest BCUT2D eigenvalue weighted by Crippen LogP contribution is -2.31. The molecule has 0 unspecified atom stereocenters. The fourth-order valence-corrected chi connectivity index (χ4v) is 3.65. The number of fused-ring (bicyclic) bond motifs is 1. The average Bonchev–Trinajstić information content (AvgIpc) is 2.93. The number of halogens is 2. The molecule has 124 valence electrons. The summed E-state index contributed by atoms with van der Waals surface area (Å²) in [6.45, 7) is 2.06. The molecule has 0 aromatic heterocycles. The first kappa shape index (κ1) is 17.0. The standard InChI is InChI=1S/C18H16BrClN2O2/c1-11(23)21-16-10-14(19)8-13-6-7-22(18(13)16)17(24)9-12-4-2-3-5-15(12)20/h2-5,8,10H,6-7,9H2,1H3,(H,21,23). The molecule has 0 radical (unpaired) electrons. The summed E-state index contributed by atoms with van der Waals surface area (Å²) in [5.74, 6) is -0.198. The topological polar surface area (TPSA) is 49.4 Å². The molecule has 2 aromatic carbocycles. The van der Waals surface area contributed by atoms with E-state index in [0.29, 0.717) is 17.3 Å². The van der Waals surface area contributed by atoms with Gasteiger partial charge in [0.2, 0.25) is 11.8 Å². The molecule has 4 nitrogen and oxygen atoms in total. The monoisotopic (exact) mass is 406 g/mol. The summed E-state index contributed by atoms with van der Waals surface area (Å²) in [6.07, 6.45) is 0.990. The molecule has 0 saturated carbocycles. The van der Waals surface area contributed by atoms with E-state index in [1.807, 2.05) is 30.3 Å². The van der Waals surface area contributed by atoms with Crippen molar-refractivity contribution < 1.29 is 9.59 Å². The van der Waals surface area contributed by atoms with Crippen molar-refractivity contribution in [2.45, 2.75) is 19.8 Å². The molecule has 0 fully saturated rings. The number of benzene rings is 2. The lowest BCUT2D eigenvalue weighted by Gasteiger charge is -2.21. The molecule has 2 aromatic rings. The van der Waals surface area contributed by atoms with E-state index in [2.05, 4.69) is 21.2 Å². The molecule has 6 heteroatoms. The first-order chi connectivity index (χ1) is 11.5. The van der Waals surface area contributed by atoms with Gasteiger partial charge in [-0.1, -0.05) is 45.7 Å². The molecule has 0 atom stereocenters. The molecule has 0 bridgehead atoms. The minimum atomic E-state index is -0.166. The zero-order chi connectivity index (χ0) is 17.3. The normalized spacial score (nSPS) is 12.9. The first-order valence-electron chi connectivity index (χ1n) is 7.59. The Morgan fingerprint density at radius 2 is 2.04 bits per heavy atom. The number of carbonyl (C=O) groups excluding carboxylic acids is 2. The largest absolute Gasteiger partial charge is 0.324 e. The number of anilines is 2. The van der Waals surface area contributed by atoms with Crippen LogP contribution in [0.5, 0.6) is 0 Å². The van der Waals surface area contributed by atoms with E-state index in [1.165, 1.54) is 6.92 Å². The minimum absolute atomic E-state index is 0.0317. The van der Waals surface area contributed by atoms with Crippen LogP contribution in [0.15, 0.2) is 40.9 Å². The third-order valence-corrected chi connectivity index (χ3v) is 4.77. The Morgan fingerprint density at radius 1 is 1.29 bits per heavy atom. The molecule has 1 heterocycles. The highest BCUT2D eigenvalue weighted by Crippen LogP contribution is 2.38. The summed E-state index contributed by atoms with van der Waals surface area (Å²) in [5, 5.41) is 3.40. The maximum Gasteiger partial charge on any atom is 0.231 e. The summed E-state index contributed by atoms with van der Waals surface area (Å²) in [6, 6.07) is 11.2. The van der Waals surface area contributed by atoms with Crippen LogP contribution < -0.4 is 10.2 Å². The number of rotatable bonds is 3. The van der Waals surface area contributed by atoms with Crippen molar-refractivity contribution in [1.29, 1.82) is 0 Å². The van der Waals surface area contributed by atoms with Crippen molar-refractivity contribution in [2.24, 2.45) is 0 Å². The molecule has 24 heavy (non-hydrogen) atoms. The zero-order valence-electron chi connectivity index (χ0n) is 13.1. The second-order valence-corrected chi connectivity index (χ2v) is 7.03. The van der Waals surface area contributed by atoms with E-state index in [4.69, 9.17) is 11.6 Å². The van der Waals surface area contributed by atoms with E-state index in [0.717, 1.165) is 27.7 Å².